The van der Waals surface area contributed by atoms with E-state index < -0.39 is 54.0 Å². The largest absolute Gasteiger partial charge is 0.480 e. The number of aliphatic carboxylic acids is 1. The summed E-state index contributed by atoms with van der Waals surface area (Å²) in [5.74, 6) is -6.76. The molecule has 0 aliphatic rings. The molecule has 1 aromatic rings. The lowest BCUT2D eigenvalue weighted by Crippen LogP contribution is -2.34. The molecule has 5 nitrogen and oxygen atoms in total. The van der Waals surface area contributed by atoms with Crippen molar-refractivity contribution in [2.45, 2.75) is 12.5 Å². The Morgan fingerprint density at radius 2 is 1.79 bits per heavy atom. The molecule has 0 aromatic heterocycles. The standard InChI is InChI=1S/C11H10F3NO4/c12-5-1-7(13)10(8(14)2-5)19-4-6(16)3-9(15)11(17)18/h1-2,9H,3-4,15H2,(H,17,18). The molecule has 0 aliphatic carbocycles. The molecule has 1 unspecified atom stereocenters. The molecule has 104 valence electrons. The van der Waals surface area contributed by atoms with E-state index >= 15 is 0 Å². The molecule has 0 bridgehead atoms. The van der Waals surface area contributed by atoms with E-state index in [2.05, 4.69) is 4.74 Å². The third-order valence-electron chi connectivity index (χ3n) is 2.11. The van der Waals surface area contributed by atoms with Crippen LogP contribution in [0.1, 0.15) is 6.42 Å². The zero-order valence-electron chi connectivity index (χ0n) is 9.53. The Morgan fingerprint density at radius 3 is 2.26 bits per heavy atom. The van der Waals surface area contributed by atoms with E-state index in [9.17, 15) is 22.8 Å². The number of carboxylic acids is 1. The first-order valence-corrected chi connectivity index (χ1v) is 5.08. The number of Topliss-reactive ketones (excluding diaryl/α,β-unsaturated/α-hetero) is 1. The number of carboxylic acid groups (broad SMARTS) is 1. The van der Waals surface area contributed by atoms with Gasteiger partial charge in [-0.05, 0) is 0 Å². The van der Waals surface area contributed by atoms with Gasteiger partial charge in [0.25, 0.3) is 0 Å². The summed E-state index contributed by atoms with van der Waals surface area (Å²) in [5.41, 5.74) is 5.09. The van der Waals surface area contributed by atoms with Crippen molar-refractivity contribution in [1.29, 1.82) is 0 Å². The van der Waals surface area contributed by atoms with Gasteiger partial charge in [-0.3, -0.25) is 9.59 Å². The molecule has 8 heteroatoms. The van der Waals surface area contributed by atoms with Crippen LogP contribution in [-0.4, -0.2) is 29.5 Å². The molecule has 0 amide bonds. The van der Waals surface area contributed by atoms with Crippen LogP contribution in [0.25, 0.3) is 0 Å². The van der Waals surface area contributed by atoms with Crippen LogP contribution in [0.2, 0.25) is 0 Å². The lowest BCUT2D eigenvalue weighted by molar-refractivity contribution is -0.140. The van der Waals surface area contributed by atoms with Gasteiger partial charge in [0, 0.05) is 18.6 Å². The second-order valence-electron chi connectivity index (χ2n) is 3.67. The highest BCUT2D eigenvalue weighted by molar-refractivity contribution is 5.86. The first kappa shape index (κ1) is 15.0. The maximum absolute atomic E-state index is 13.1. The van der Waals surface area contributed by atoms with Crippen molar-refractivity contribution in [3.05, 3.63) is 29.6 Å². The van der Waals surface area contributed by atoms with Gasteiger partial charge in [-0.2, -0.15) is 0 Å². The van der Waals surface area contributed by atoms with Crippen molar-refractivity contribution in [2.24, 2.45) is 5.73 Å². The van der Waals surface area contributed by atoms with Crippen molar-refractivity contribution < 1.29 is 32.6 Å². The Labute approximate surface area is 105 Å². The van der Waals surface area contributed by atoms with Crippen LogP contribution in [0.3, 0.4) is 0 Å². The van der Waals surface area contributed by atoms with E-state index in [4.69, 9.17) is 10.8 Å². The fourth-order valence-electron chi connectivity index (χ4n) is 1.21. The summed E-state index contributed by atoms with van der Waals surface area (Å²) in [7, 11) is 0. The van der Waals surface area contributed by atoms with Gasteiger partial charge in [-0.15, -0.1) is 0 Å². The zero-order chi connectivity index (χ0) is 14.6. The Balaban J connectivity index is 2.63. The summed E-state index contributed by atoms with van der Waals surface area (Å²) in [6.07, 6.45) is -0.542. The summed E-state index contributed by atoms with van der Waals surface area (Å²) in [6.45, 7) is -0.763. The highest BCUT2D eigenvalue weighted by Gasteiger charge is 2.18. The van der Waals surface area contributed by atoms with E-state index in [1.807, 2.05) is 0 Å². The molecule has 0 fully saturated rings. The summed E-state index contributed by atoms with van der Waals surface area (Å²) < 4.78 is 43.4. The van der Waals surface area contributed by atoms with E-state index in [0.29, 0.717) is 12.1 Å². The fraction of sp³-hybridized carbons (Fsp3) is 0.273. The molecule has 0 heterocycles. The lowest BCUT2D eigenvalue weighted by Gasteiger charge is -2.09. The number of halogens is 3. The smallest absolute Gasteiger partial charge is 0.320 e. The highest BCUT2D eigenvalue weighted by atomic mass is 19.1. The van der Waals surface area contributed by atoms with Crippen LogP contribution < -0.4 is 10.5 Å². The molecule has 19 heavy (non-hydrogen) atoms. The molecule has 0 spiro atoms. The van der Waals surface area contributed by atoms with E-state index in [1.54, 1.807) is 0 Å². The monoisotopic (exact) mass is 277 g/mol. The normalized spacial score (nSPS) is 12.0. The Kier molecular flexibility index (Phi) is 4.87. The number of carbonyl (C=O) groups excluding carboxylic acids is 1. The van der Waals surface area contributed by atoms with Gasteiger partial charge in [-0.25, -0.2) is 13.2 Å². The number of carbonyl (C=O) groups is 2. The second kappa shape index (κ2) is 6.19. The number of benzene rings is 1. The lowest BCUT2D eigenvalue weighted by atomic mass is 10.1. The van der Waals surface area contributed by atoms with Crippen molar-refractivity contribution >= 4 is 11.8 Å². The number of rotatable bonds is 6. The highest BCUT2D eigenvalue weighted by Crippen LogP contribution is 2.22. The van der Waals surface area contributed by atoms with Crippen LogP contribution in [0.15, 0.2) is 12.1 Å². The number of ketones is 1. The van der Waals surface area contributed by atoms with Gasteiger partial charge in [0.15, 0.2) is 23.2 Å². The SMILES string of the molecule is NC(CC(=O)COc1c(F)cc(F)cc1F)C(=O)O. The summed E-state index contributed by atoms with van der Waals surface area (Å²) >= 11 is 0. The van der Waals surface area contributed by atoms with Gasteiger partial charge < -0.3 is 15.6 Å². The number of ether oxygens (including phenoxy) is 1. The van der Waals surface area contributed by atoms with Gasteiger partial charge >= 0.3 is 5.97 Å². The first-order valence-electron chi connectivity index (χ1n) is 5.08. The third kappa shape index (κ3) is 4.25. The second-order valence-corrected chi connectivity index (χ2v) is 3.67. The minimum Gasteiger partial charge on any atom is -0.480 e. The molecule has 0 aliphatic heterocycles. The van der Waals surface area contributed by atoms with E-state index in [0.717, 1.165) is 0 Å². The molecule has 1 atom stereocenters. The van der Waals surface area contributed by atoms with Gasteiger partial charge in [0.1, 0.15) is 18.5 Å². The van der Waals surface area contributed by atoms with Crippen LogP contribution in [0, 0.1) is 17.5 Å². The average Bonchev–Trinajstić information content (AvgIpc) is 2.27. The van der Waals surface area contributed by atoms with Gasteiger partial charge in [0.05, 0.1) is 0 Å². The van der Waals surface area contributed by atoms with Gasteiger partial charge in [-0.1, -0.05) is 0 Å². The maximum atomic E-state index is 13.1. The van der Waals surface area contributed by atoms with Crippen molar-refractivity contribution in [3.8, 4) is 5.75 Å². The van der Waals surface area contributed by atoms with E-state index in [1.165, 1.54) is 0 Å². The quantitative estimate of drug-likeness (QED) is 0.804. The van der Waals surface area contributed by atoms with Crippen molar-refractivity contribution in [2.75, 3.05) is 6.61 Å². The molecule has 3 N–H and O–H groups in total. The van der Waals surface area contributed by atoms with E-state index in [-0.39, 0.29) is 0 Å². The third-order valence-corrected chi connectivity index (χ3v) is 2.11. The fourth-order valence-corrected chi connectivity index (χ4v) is 1.21. The first-order chi connectivity index (χ1) is 8.81. The topological polar surface area (TPSA) is 89.6 Å². The molecular weight excluding hydrogens is 267 g/mol. The predicted molar refractivity (Wildman–Crippen MR) is 57.0 cm³/mol. The molecule has 1 aromatic carbocycles. The Morgan fingerprint density at radius 1 is 1.26 bits per heavy atom. The average molecular weight is 277 g/mol. The van der Waals surface area contributed by atoms with Gasteiger partial charge in [0.2, 0.25) is 0 Å². The Hall–Kier alpha value is -2.09. The molecule has 0 saturated heterocycles. The van der Waals surface area contributed by atoms with Crippen LogP contribution >= 0.6 is 0 Å². The summed E-state index contributed by atoms with van der Waals surface area (Å²) in [6, 6.07) is -0.628. The van der Waals surface area contributed by atoms with Crippen LogP contribution in [0.5, 0.6) is 5.75 Å². The Bertz CT molecular complexity index is 484. The molecule has 1 rings (SSSR count). The molecular formula is C11H10F3NO4. The zero-order valence-corrected chi connectivity index (χ0v) is 9.53. The summed E-state index contributed by atoms with van der Waals surface area (Å²) in [5, 5.41) is 8.46. The van der Waals surface area contributed by atoms with Crippen molar-refractivity contribution in [3.63, 3.8) is 0 Å². The van der Waals surface area contributed by atoms with Crippen LogP contribution in [-0.2, 0) is 9.59 Å². The predicted octanol–water partition coefficient (Wildman–Crippen LogP) is 0.854. The minimum absolute atomic E-state index is 0.395. The number of hydrogen-bond acceptors (Lipinski definition) is 4. The maximum Gasteiger partial charge on any atom is 0.320 e. The molecule has 0 saturated carbocycles. The number of hydrogen-bond donors (Lipinski definition) is 2. The minimum atomic E-state index is -1.42. The van der Waals surface area contributed by atoms with Crippen molar-refractivity contribution in [1.82, 2.24) is 0 Å². The summed E-state index contributed by atoms with van der Waals surface area (Å²) in [4.78, 5) is 21.6. The number of nitrogens with two attached hydrogens (primary N) is 1. The van der Waals surface area contributed by atoms with Crippen LogP contribution in [0.4, 0.5) is 13.2 Å². The molecule has 0 radical (unpaired) electrons.